The zero-order valence-electron chi connectivity index (χ0n) is 23.3. The fourth-order valence-electron chi connectivity index (χ4n) is 6.12. The molecule has 0 spiro atoms. The lowest BCUT2D eigenvalue weighted by atomic mass is 9.80. The average Bonchev–Trinajstić information content (AvgIpc) is 3.82. The van der Waals surface area contributed by atoms with Gasteiger partial charge < -0.3 is 42.6 Å². The highest BCUT2D eigenvalue weighted by Gasteiger charge is 2.62. The largest absolute Gasteiger partial charge is 0.496 e. The van der Waals surface area contributed by atoms with Gasteiger partial charge in [-0.2, -0.15) is 0 Å². The van der Waals surface area contributed by atoms with Crippen LogP contribution < -0.4 is 28.4 Å². The van der Waals surface area contributed by atoms with Gasteiger partial charge in [-0.05, 0) is 18.6 Å². The topological polar surface area (TPSA) is 114 Å². The summed E-state index contributed by atoms with van der Waals surface area (Å²) in [7, 11) is 3.26. The molecule has 3 aromatic rings. The van der Waals surface area contributed by atoms with Gasteiger partial charge in [-0.25, -0.2) is 0 Å². The van der Waals surface area contributed by atoms with E-state index in [1.807, 2.05) is 35.1 Å². The molecule has 218 valence electrons. The number of ether oxygens (including phenoxy) is 9. The highest BCUT2D eigenvalue weighted by Crippen LogP contribution is 2.59. The molecule has 2 saturated heterocycles. The van der Waals surface area contributed by atoms with Gasteiger partial charge in [0.15, 0.2) is 23.0 Å². The average molecular weight is 568 g/mol. The van der Waals surface area contributed by atoms with Crippen molar-refractivity contribution < 1.29 is 42.6 Å². The predicted molar refractivity (Wildman–Crippen MR) is 142 cm³/mol. The van der Waals surface area contributed by atoms with Crippen molar-refractivity contribution in [3.63, 3.8) is 0 Å². The Morgan fingerprint density at radius 1 is 0.902 bits per heavy atom. The van der Waals surface area contributed by atoms with Crippen molar-refractivity contribution in [2.45, 2.75) is 50.7 Å². The molecule has 0 unspecified atom stereocenters. The fraction of sp³-hybridized carbons (Fsp3) is 0.517. The second-order valence-electron chi connectivity index (χ2n) is 10.5. The third kappa shape index (κ3) is 4.41. The van der Waals surface area contributed by atoms with Gasteiger partial charge in [0.05, 0.1) is 46.3 Å². The van der Waals surface area contributed by atoms with Crippen LogP contribution in [0, 0.1) is 5.92 Å². The van der Waals surface area contributed by atoms with Gasteiger partial charge in [0, 0.05) is 35.7 Å². The van der Waals surface area contributed by atoms with Crippen LogP contribution in [0.3, 0.4) is 0 Å². The molecule has 0 radical (unpaired) electrons. The molecule has 7 rings (SSSR count). The van der Waals surface area contributed by atoms with Crippen molar-refractivity contribution in [2.75, 3.05) is 41.0 Å². The van der Waals surface area contributed by atoms with Gasteiger partial charge in [0.2, 0.25) is 13.6 Å². The van der Waals surface area contributed by atoms with E-state index in [0.29, 0.717) is 41.1 Å². The zero-order chi connectivity index (χ0) is 28.0. The molecule has 0 bridgehead atoms. The number of rotatable bonds is 10. The maximum atomic E-state index is 6.83. The number of hydrogen-bond acceptors (Lipinski definition) is 11. The summed E-state index contributed by atoms with van der Waals surface area (Å²) in [6.07, 6.45) is 3.14. The van der Waals surface area contributed by atoms with E-state index in [0.717, 1.165) is 36.2 Å². The standard InChI is InChI=1S/C29H33N3O9/c1-4-5-6-32-11-17(30-31-32)12-41-29-14-36-27(18-7-23-25(39-15-37-23)9-21(18)33-2)20(29)13-35-28(29)19-8-24-26(40-16-38-24)10-22(19)34-3/h7-11,20,27-28H,4-6,12-16H2,1-3H3/t20-,27-,28+,29-/m1/s1. The summed E-state index contributed by atoms with van der Waals surface area (Å²) in [5, 5.41) is 8.63. The minimum atomic E-state index is -0.875. The van der Waals surface area contributed by atoms with Crippen molar-refractivity contribution in [2.24, 2.45) is 5.92 Å². The maximum absolute atomic E-state index is 6.83. The highest BCUT2D eigenvalue weighted by molar-refractivity contribution is 5.55. The lowest BCUT2D eigenvalue weighted by Crippen LogP contribution is -2.42. The van der Waals surface area contributed by atoms with Crippen LogP contribution in [0.2, 0.25) is 0 Å². The first-order valence-electron chi connectivity index (χ1n) is 13.8. The van der Waals surface area contributed by atoms with E-state index in [4.69, 9.17) is 42.6 Å². The molecule has 4 aliphatic heterocycles. The first-order valence-corrected chi connectivity index (χ1v) is 13.8. The Morgan fingerprint density at radius 2 is 1.56 bits per heavy atom. The summed E-state index contributed by atoms with van der Waals surface area (Å²) >= 11 is 0. The Bertz CT molecular complexity index is 1430. The van der Waals surface area contributed by atoms with Crippen molar-refractivity contribution in [3.05, 3.63) is 47.3 Å². The molecule has 0 N–H and O–H groups in total. The molecular formula is C29H33N3O9. The third-order valence-electron chi connectivity index (χ3n) is 8.22. The van der Waals surface area contributed by atoms with Crippen molar-refractivity contribution >= 4 is 0 Å². The van der Waals surface area contributed by atoms with Gasteiger partial charge in [-0.3, -0.25) is 4.68 Å². The van der Waals surface area contributed by atoms with Gasteiger partial charge in [-0.1, -0.05) is 18.6 Å². The van der Waals surface area contributed by atoms with Crippen LogP contribution in [0.4, 0.5) is 0 Å². The zero-order valence-corrected chi connectivity index (χ0v) is 23.3. The third-order valence-corrected chi connectivity index (χ3v) is 8.22. The molecule has 2 aromatic carbocycles. The normalized spacial score (nSPS) is 25.5. The van der Waals surface area contributed by atoms with Crippen LogP contribution >= 0.6 is 0 Å². The van der Waals surface area contributed by atoms with E-state index >= 15 is 0 Å². The summed E-state index contributed by atoms with van der Waals surface area (Å²) in [5.74, 6) is 3.64. The van der Waals surface area contributed by atoms with Gasteiger partial charge in [0.25, 0.3) is 0 Å². The number of hydrogen-bond donors (Lipinski definition) is 0. The smallest absolute Gasteiger partial charge is 0.231 e. The molecule has 0 amide bonds. The highest BCUT2D eigenvalue weighted by atomic mass is 16.7. The second kappa shape index (κ2) is 10.6. The summed E-state index contributed by atoms with van der Waals surface area (Å²) in [6.45, 7) is 4.17. The van der Waals surface area contributed by atoms with Crippen molar-refractivity contribution in [1.82, 2.24) is 15.0 Å². The van der Waals surface area contributed by atoms with Gasteiger partial charge in [0.1, 0.15) is 28.9 Å². The van der Waals surface area contributed by atoms with Crippen molar-refractivity contribution in [3.8, 4) is 34.5 Å². The Hall–Kier alpha value is -3.74. The fourth-order valence-corrected chi connectivity index (χ4v) is 6.12. The minimum absolute atomic E-state index is 0.153. The van der Waals surface area contributed by atoms with Crippen LogP contribution in [0.25, 0.3) is 0 Å². The Labute approximate surface area is 237 Å². The van der Waals surface area contributed by atoms with Crippen molar-refractivity contribution in [1.29, 1.82) is 0 Å². The number of aromatic nitrogens is 3. The molecule has 0 aliphatic carbocycles. The van der Waals surface area contributed by atoms with E-state index in [1.54, 1.807) is 14.2 Å². The summed E-state index contributed by atoms with van der Waals surface area (Å²) in [5.41, 5.74) is 1.51. The number of fused-ring (bicyclic) bond motifs is 3. The Balaban J connectivity index is 1.25. The first kappa shape index (κ1) is 26.2. The summed E-state index contributed by atoms with van der Waals surface area (Å²) < 4.78 is 55.9. The Morgan fingerprint density at radius 3 is 2.24 bits per heavy atom. The van der Waals surface area contributed by atoms with E-state index in [-0.39, 0.29) is 38.8 Å². The molecular weight excluding hydrogens is 534 g/mol. The molecule has 12 heteroatoms. The molecule has 2 fully saturated rings. The number of nitrogens with zero attached hydrogens (tertiary/aromatic N) is 3. The monoisotopic (exact) mass is 567 g/mol. The lowest BCUT2D eigenvalue weighted by molar-refractivity contribution is -0.118. The quantitative estimate of drug-likeness (QED) is 0.355. The number of benzene rings is 2. The van der Waals surface area contributed by atoms with Gasteiger partial charge in [-0.15, -0.1) is 5.10 Å². The van der Waals surface area contributed by atoms with E-state index < -0.39 is 11.7 Å². The van der Waals surface area contributed by atoms with E-state index in [1.165, 1.54) is 0 Å². The first-order chi connectivity index (χ1) is 20.1. The molecule has 0 saturated carbocycles. The molecule has 5 heterocycles. The van der Waals surface area contributed by atoms with Crippen LogP contribution in [0.15, 0.2) is 30.5 Å². The SMILES string of the molecule is CCCCn1cc(CO[C@]23CO[C@H](c4cc5c(cc4OC)OCO5)[C@H]2CO[C@H]3c2cc3c(cc2OC)OCO3)nn1. The van der Waals surface area contributed by atoms with E-state index in [9.17, 15) is 0 Å². The van der Waals surface area contributed by atoms with Crippen LogP contribution in [0.5, 0.6) is 34.5 Å². The van der Waals surface area contributed by atoms with Crippen LogP contribution in [-0.2, 0) is 27.4 Å². The Kier molecular flexibility index (Phi) is 6.76. The molecule has 4 aliphatic rings. The van der Waals surface area contributed by atoms with Crippen LogP contribution in [0.1, 0.15) is 48.8 Å². The summed E-state index contributed by atoms with van der Waals surface area (Å²) in [6, 6.07) is 7.50. The minimum Gasteiger partial charge on any atom is -0.496 e. The number of methoxy groups -OCH3 is 2. The number of unbranched alkanes of at least 4 members (excludes halogenated alkanes) is 1. The number of aryl methyl sites for hydroxylation is 1. The molecule has 12 nitrogen and oxygen atoms in total. The van der Waals surface area contributed by atoms with Crippen LogP contribution in [-0.4, -0.2) is 61.6 Å². The van der Waals surface area contributed by atoms with E-state index in [2.05, 4.69) is 17.2 Å². The molecule has 41 heavy (non-hydrogen) atoms. The van der Waals surface area contributed by atoms with Gasteiger partial charge >= 0.3 is 0 Å². The second-order valence-corrected chi connectivity index (χ2v) is 10.5. The lowest BCUT2D eigenvalue weighted by Gasteiger charge is -2.33. The molecule has 4 atom stereocenters. The molecule has 1 aromatic heterocycles. The summed E-state index contributed by atoms with van der Waals surface area (Å²) in [4.78, 5) is 0. The maximum Gasteiger partial charge on any atom is 0.231 e. The predicted octanol–water partition coefficient (Wildman–Crippen LogP) is 3.97.